The standard InChI is InChI=1S/C11H22O3Si/c1-9(7-8-10(12)13)14-15(5,6)11(2,3)4/h7-9H,1-6H3,(H,12,13)/b8-7+/t9-/m0/s1. The molecule has 0 saturated carbocycles. The lowest BCUT2D eigenvalue weighted by molar-refractivity contribution is -0.131. The van der Waals surface area contributed by atoms with Gasteiger partial charge in [-0.3, -0.25) is 0 Å². The molecule has 88 valence electrons. The van der Waals surface area contributed by atoms with Gasteiger partial charge >= 0.3 is 5.97 Å². The topological polar surface area (TPSA) is 46.5 Å². The molecule has 0 aliphatic heterocycles. The van der Waals surface area contributed by atoms with E-state index in [-0.39, 0.29) is 11.1 Å². The predicted octanol–water partition coefficient (Wildman–Crippen LogP) is 3.04. The molecule has 0 aliphatic carbocycles. The zero-order valence-corrected chi connectivity index (χ0v) is 11.5. The number of carboxylic acids is 1. The molecule has 0 rings (SSSR count). The molecule has 0 fully saturated rings. The second kappa shape index (κ2) is 4.94. The molecule has 3 nitrogen and oxygen atoms in total. The van der Waals surface area contributed by atoms with E-state index < -0.39 is 14.3 Å². The number of carboxylic acid groups (broad SMARTS) is 1. The summed E-state index contributed by atoms with van der Waals surface area (Å²) >= 11 is 0. The van der Waals surface area contributed by atoms with Crippen LogP contribution < -0.4 is 0 Å². The third-order valence-electron chi connectivity index (χ3n) is 2.80. The van der Waals surface area contributed by atoms with Crippen molar-refractivity contribution in [2.24, 2.45) is 0 Å². The first-order valence-corrected chi connectivity index (χ1v) is 8.06. The summed E-state index contributed by atoms with van der Waals surface area (Å²) in [6.45, 7) is 12.7. The van der Waals surface area contributed by atoms with Gasteiger partial charge in [-0.1, -0.05) is 26.8 Å². The zero-order chi connectivity index (χ0) is 12.3. The minimum absolute atomic E-state index is 0.137. The Bertz CT molecular complexity index is 251. The third kappa shape index (κ3) is 5.13. The van der Waals surface area contributed by atoms with Gasteiger partial charge < -0.3 is 9.53 Å². The van der Waals surface area contributed by atoms with Gasteiger partial charge in [-0.05, 0) is 25.1 Å². The van der Waals surface area contributed by atoms with Crippen LogP contribution in [0.4, 0.5) is 0 Å². The van der Waals surface area contributed by atoms with E-state index in [2.05, 4.69) is 33.9 Å². The molecular formula is C11H22O3Si. The molecule has 1 atom stereocenters. The fourth-order valence-electron chi connectivity index (χ4n) is 0.899. The number of rotatable bonds is 4. The summed E-state index contributed by atoms with van der Waals surface area (Å²) in [6.07, 6.45) is 2.59. The van der Waals surface area contributed by atoms with E-state index in [1.165, 1.54) is 0 Å². The zero-order valence-electron chi connectivity index (χ0n) is 10.5. The van der Waals surface area contributed by atoms with E-state index >= 15 is 0 Å². The molecule has 0 radical (unpaired) electrons. The van der Waals surface area contributed by atoms with Crippen LogP contribution in [-0.4, -0.2) is 25.5 Å². The first kappa shape index (κ1) is 14.4. The molecular weight excluding hydrogens is 208 g/mol. The van der Waals surface area contributed by atoms with Crippen LogP contribution in [0.3, 0.4) is 0 Å². The Balaban J connectivity index is 4.41. The second-order valence-electron chi connectivity index (χ2n) is 5.28. The Morgan fingerprint density at radius 1 is 1.40 bits per heavy atom. The fourth-order valence-corrected chi connectivity index (χ4v) is 2.26. The van der Waals surface area contributed by atoms with E-state index in [0.717, 1.165) is 6.08 Å². The van der Waals surface area contributed by atoms with E-state index in [9.17, 15) is 4.79 Å². The van der Waals surface area contributed by atoms with Crippen molar-refractivity contribution in [3.63, 3.8) is 0 Å². The first-order valence-electron chi connectivity index (χ1n) is 5.15. The van der Waals surface area contributed by atoms with Gasteiger partial charge in [0.15, 0.2) is 8.32 Å². The van der Waals surface area contributed by atoms with Crippen LogP contribution >= 0.6 is 0 Å². The molecule has 0 heterocycles. The molecule has 0 aromatic carbocycles. The van der Waals surface area contributed by atoms with Gasteiger partial charge in [0.2, 0.25) is 0 Å². The molecule has 0 aromatic rings. The van der Waals surface area contributed by atoms with Gasteiger partial charge in [-0.25, -0.2) is 4.79 Å². The van der Waals surface area contributed by atoms with Crippen LogP contribution in [0, 0.1) is 0 Å². The number of aliphatic carboxylic acids is 1. The van der Waals surface area contributed by atoms with Gasteiger partial charge in [0.1, 0.15) is 0 Å². The maximum absolute atomic E-state index is 10.3. The van der Waals surface area contributed by atoms with Crippen molar-refractivity contribution in [3.05, 3.63) is 12.2 Å². The fraction of sp³-hybridized carbons (Fsp3) is 0.727. The van der Waals surface area contributed by atoms with Gasteiger partial charge in [0.05, 0.1) is 6.10 Å². The summed E-state index contributed by atoms with van der Waals surface area (Å²) in [4.78, 5) is 10.3. The molecule has 4 heteroatoms. The third-order valence-corrected chi connectivity index (χ3v) is 7.37. The molecule has 0 bridgehead atoms. The van der Waals surface area contributed by atoms with Crippen molar-refractivity contribution >= 4 is 14.3 Å². The highest BCUT2D eigenvalue weighted by atomic mass is 28.4. The van der Waals surface area contributed by atoms with Crippen LogP contribution in [-0.2, 0) is 9.22 Å². The van der Waals surface area contributed by atoms with Crippen molar-refractivity contribution in [1.29, 1.82) is 0 Å². The van der Waals surface area contributed by atoms with Crippen LogP contribution in [0.15, 0.2) is 12.2 Å². The normalized spacial score (nSPS) is 15.6. The highest BCUT2D eigenvalue weighted by Gasteiger charge is 2.37. The summed E-state index contributed by atoms with van der Waals surface area (Å²) < 4.78 is 5.94. The van der Waals surface area contributed by atoms with Crippen molar-refractivity contribution in [2.45, 2.75) is 51.9 Å². The van der Waals surface area contributed by atoms with Crippen molar-refractivity contribution in [2.75, 3.05) is 0 Å². The lowest BCUT2D eigenvalue weighted by Gasteiger charge is -2.37. The molecule has 0 amide bonds. The Morgan fingerprint density at radius 2 is 1.87 bits per heavy atom. The summed E-state index contributed by atoms with van der Waals surface area (Å²) in [6, 6.07) is 0. The van der Waals surface area contributed by atoms with E-state index in [1.807, 2.05) is 6.92 Å². The smallest absolute Gasteiger partial charge is 0.328 e. The molecule has 1 N–H and O–H groups in total. The SMILES string of the molecule is C[C@@H](/C=C/C(=O)O)O[Si](C)(C)C(C)(C)C. The van der Waals surface area contributed by atoms with Gasteiger partial charge in [-0.2, -0.15) is 0 Å². The highest BCUT2D eigenvalue weighted by Crippen LogP contribution is 2.37. The Labute approximate surface area is 93.3 Å². The van der Waals surface area contributed by atoms with Crippen LogP contribution in [0.1, 0.15) is 27.7 Å². The molecule has 15 heavy (non-hydrogen) atoms. The van der Waals surface area contributed by atoms with Gasteiger partial charge in [-0.15, -0.1) is 0 Å². The summed E-state index contributed by atoms with van der Waals surface area (Å²) in [5.74, 6) is -0.930. The quantitative estimate of drug-likeness (QED) is 0.596. The monoisotopic (exact) mass is 230 g/mol. The minimum Gasteiger partial charge on any atom is -0.478 e. The highest BCUT2D eigenvalue weighted by molar-refractivity contribution is 6.74. The Morgan fingerprint density at radius 3 is 2.20 bits per heavy atom. The van der Waals surface area contributed by atoms with E-state index in [4.69, 9.17) is 9.53 Å². The number of hydrogen-bond acceptors (Lipinski definition) is 2. The Kier molecular flexibility index (Phi) is 4.74. The van der Waals surface area contributed by atoms with Crippen LogP contribution in [0.2, 0.25) is 18.1 Å². The van der Waals surface area contributed by atoms with Crippen molar-refractivity contribution < 1.29 is 14.3 Å². The number of carbonyl (C=O) groups is 1. The summed E-state index contributed by atoms with van der Waals surface area (Å²) in [7, 11) is -1.78. The molecule has 0 saturated heterocycles. The number of hydrogen-bond donors (Lipinski definition) is 1. The average Bonchev–Trinajstić information content (AvgIpc) is 1.97. The van der Waals surface area contributed by atoms with Crippen molar-refractivity contribution in [3.8, 4) is 0 Å². The molecule has 0 aliphatic rings. The maximum atomic E-state index is 10.3. The van der Waals surface area contributed by atoms with Crippen LogP contribution in [0.5, 0.6) is 0 Å². The second-order valence-corrected chi connectivity index (χ2v) is 10.0. The van der Waals surface area contributed by atoms with E-state index in [0.29, 0.717) is 0 Å². The molecule has 0 aromatic heterocycles. The average molecular weight is 230 g/mol. The van der Waals surface area contributed by atoms with Gasteiger partial charge in [0.25, 0.3) is 0 Å². The molecule has 0 unspecified atom stereocenters. The van der Waals surface area contributed by atoms with Crippen LogP contribution in [0.25, 0.3) is 0 Å². The summed E-state index contributed by atoms with van der Waals surface area (Å²) in [5.41, 5.74) is 0. The summed E-state index contributed by atoms with van der Waals surface area (Å²) in [5, 5.41) is 8.64. The van der Waals surface area contributed by atoms with E-state index in [1.54, 1.807) is 6.08 Å². The maximum Gasteiger partial charge on any atom is 0.328 e. The first-order chi connectivity index (χ1) is 6.56. The largest absolute Gasteiger partial charge is 0.478 e. The minimum atomic E-state index is -1.78. The molecule has 0 spiro atoms. The van der Waals surface area contributed by atoms with Crippen molar-refractivity contribution in [1.82, 2.24) is 0 Å². The Hall–Kier alpha value is -0.613. The predicted molar refractivity (Wildman–Crippen MR) is 64.5 cm³/mol. The van der Waals surface area contributed by atoms with Gasteiger partial charge in [0, 0.05) is 6.08 Å². The lowest BCUT2D eigenvalue weighted by atomic mass is 10.2. The lowest BCUT2D eigenvalue weighted by Crippen LogP contribution is -2.42.